The van der Waals surface area contributed by atoms with E-state index >= 15 is 0 Å². The van der Waals surface area contributed by atoms with Crippen molar-refractivity contribution in [1.29, 1.82) is 0 Å². The highest BCUT2D eigenvalue weighted by molar-refractivity contribution is 4.96. The van der Waals surface area contributed by atoms with Gasteiger partial charge in [0.15, 0.2) is 0 Å². The number of hydrogen-bond donors (Lipinski definition) is 0. The Kier molecular flexibility index (Phi) is 14.0. The van der Waals surface area contributed by atoms with Crippen molar-refractivity contribution in [2.45, 2.75) is 123 Å². The monoisotopic (exact) mass is 350 g/mol. The van der Waals surface area contributed by atoms with Gasteiger partial charge in [-0.1, -0.05) is 97.3 Å². The summed E-state index contributed by atoms with van der Waals surface area (Å²) in [5.41, 5.74) is 0. The largest absolute Gasteiger partial charge is 0.356 e. The summed E-state index contributed by atoms with van der Waals surface area (Å²) in [6, 6.07) is 0. The molecule has 0 spiro atoms. The van der Waals surface area contributed by atoms with Gasteiger partial charge in [-0.15, -0.1) is 0 Å². The molecular formula is C23H46N2. The van der Waals surface area contributed by atoms with Crippen molar-refractivity contribution >= 4 is 0 Å². The second-order valence-electron chi connectivity index (χ2n) is 7.88. The molecule has 1 rings (SSSR count). The summed E-state index contributed by atoms with van der Waals surface area (Å²) in [5, 5.41) is 0. The summed E-state index contributed by atoms with van der Waals surface area (Å²) < 4.78 is 0. The van der Waals surface area contributed by atoms with Crippen LogP contribution >= 0.6 is 0 Å². The zero-order valence-corrected chi connectivity index (χ0v) is 17.6. The fourth-order valence-corrected chi connectivity index (χ4v) is 4.00. The molecule has 0 amide bonds. The van der Waals surface area contributed by atoms with Crippen molar-refractivity contribution in [3.05, 3.63) is 12.4 Å². The molecule has 1 aliphatic rings. The van der Waals surface area contributed by atoms with Crippen LogP contribution in [0.2, 0.25) is 0 Å². The molecule has 0 saturated carbocycles. The average molecular weight is 351 g/mol. The Morgan fingerprint density at radius 3 is 1.52 bits per heavy atom. The van der Waals surface area contributed by atoms with Gasteiger partial charge in [0.2, 0.25) is 0 Å². The topological polar surface area (TPSA) is 6.48 Å². The van der Waals surface area contributed by atoms with Gasteiger partial charge < -0.3 is 9.80 Å². The van der Waals surface area contributed by atoms with Gasteiger partial charge in [0.05, 0.1) is 0 Å². The lowest BCUT2D eigenvalue weighted by atomic mass is 10.0. The van der Waals surface area contributed by atoms with E-state index in [1.165, 1.54) is 103 Å². The van der Waals surface area contributed by atoms with Crippen LogP contribution in [-0.4, -0.2) is 29.1 Å². The Morgan fingerprint density at radius 1 is 0.560 bits per heavy atom. The van der Waals surface area contributed by atoms with Gasteiger partial charge in [0, 0.05) is 25.5 Å². The van der Waals surface area contributed by atoms with Crippen LogP contribution in [0, 0.1) is 0 Å². The molecule has 1 aliphatic heterocycles. The third-order valence-electron chi connectivity index (χ3n) is 5.65. The quantitative estimate of drug-likeness (QED) is 0.254. The van der Waals surface area contributed by atoms with E-state index in [1.54, 1.807) is 0 Å². The average Bonchev–Trinajstić information content (AvgIpc) is 3.01. The molecule has 2 heteroatoms. The van der Waals surface area contributed by atoms with Gasteiger partial charge >= 0.3 is 0 Å². The maximum Gasteiger partial charge on any atom is 0.101 e. The van der Waals surface area contributed by atoms with E-state index in [1.807, 2.05) is 0 Å². The molecule has 0 radical (unpaired) electrons. The molecule has 25 heavy (non-hydrogen) atoms. The zero-order valence-electron chi connectivity index (χ0n) is 17.6. The maximum absolute atomic E-state index is 2.57. The second-order valence-corrected chi connectivity index (χ2v) is 7.88. The SMILES string of the molecule is CCCCCCCCCCCCCCCN1C=CN(CC)C1CCC. The molecule has 0 bridgehead atoms. The fourth-order valence-electron chi connectivity index (χ4n) is 4.00. The van der Waals surface area contributed by atoms with Gasteiger partial charge in [-0.2, -0.15) is 0 Å². The molecular weight excluding hydrogens is 304 g/mol. The maximum atomic E-state index is 2.57. The van der Waals surface area contributed by atoms with Crippen LogP contribution in [0.1, 0.15) is 117 Å². The molecule has 0 aromatic rings. The van der Waals surface area contributed by atoms with E-state index in [4.69, 9.17) is 0 Å². The molecule has 1 unspecified atom stereocenters. The van der Waals surface area contributed by atoms with E-state index in [-0.39, 0.29) is 0 Å². The Labute approximate surface area is 159 Å². The molecule has 1 heterocycles. The van der Waals surface area contributed by atoms with Crippen molar-refractivity contribution < 1.29 is 0 Å². The smallest absolute Gasteiger partial charge is 0.101 e. The van der Waals surface area contributed by atoms with E-state index in [0.29, 0.717) is 6.17 Å². The molecule has 1 atom stereocenters. The first-order valence-electron chi connectivity index (χ1n) is 11.5. The predicted molar refractivity (Wildman–Crippen MR) is 113 cm³/mol. The van der Waals surface area contributed by atoms with Gasteiger partial charge in [0.25, 0.3) is 0 Å². The van der Waals surface area contributed by atoms with Crippen molar-refractivity contribution in [2.75, 3.05) is 13.1 Å². The summed E-state index contributed by atoms with van der Waals surface area (Å²) in [7, 11) is 0. The summed E-state index contributed by atoms with van der Waals surface area (Å²) in [5.74, 6) is 0. The minimum Gasteiger partial charge on any atom is -0.356 e. The highest BCUT2D eigenvalue weighted by Gasteiger charge is 2.23. The lowest BCUT2D eigenvalue weighted by molar-refractivity contribution is 0.145. The van der Waals surface area contributed by atoms with Crippen LogP contribution in [0.15, 0.2) is 12.4 Å². The Bertz CT molecular complexity index is 313. The molecule has 0 aromatic heterocycles. The minimum absolute atomic E-state index is 0.632. The highest BCUT2D eigenvalue weighted by Crippen LogP contribution is 2.21. The minimum atomic E-state index is 0.632. The summed E-state index contributed by atoms with van der Waals surface area (Å²) in [4.78, 5) is 5.07. The first-order valence-corrected chi connectivity index (χ1v) is 11.5. The molecule has 0 aliphatic carbocycles. The first kappa shape index (κ1) is 22.4. The zero-order chi connectivity index (χ0) is 18.2. The Hall–Kier alpha value is -0.660. The van der Waals surface area contributed by atoms with E-state index in [0.717, 1.165) is 6.54 Å². The highest BCUT2D eigenvalue weighted by atomic mass is 15.4. The lowest BCUT2D eigenvalue weighted by Crippen LogP contribution is -2.38. The molecule has 148 valence electrons. The Morgan fingerprint density at radius 2 is 1.04 bits per heavy atom. The van der Waals surface area contributed by atoms with Crippen LogP contribution in [0.5, 0.6) is 0 Å². The lowest BCUT2D eigenvalue weighted by Gasteiger charge is -2.32. The third-order valence-corrected chi connectivity index (χ3v) is 5.65. The van der Waals surface area contributed by atoms with Crippen molar-refractivity contribution in [3.8, 4) is 0 Å². The van der Waals surface area contributed by atoms with Gasteiger partial charge in [0.1, 0.15) is 6.17 Å². The molecule has 2 nitrogen and oxygen atoms in total. The summed E-state index contributed by atoms with van der Waals surface area (Å²) in [6.07, 6.45) is 26.5. The molecule has 0 aromatic carbocycles. The number of unbranched alkanes of at least 4 members (excludes halogenated alkanes) is 12. The van der Waals surface area contributed by atoms with Crippen LogP contribution in [-0.2, 0) is 0 Å². The fraction of sp³-hybridized carbons (Fsp3) is 0.913. The second kappa shape index (κ2) is 15.6. The standard InChI is InChI=1S/C23H46N2/c1-4-7-8-9-10-11-12-13-14-15-16-17-18-20-25-22-21-24(6-3)23(25)19-5-2/h21-23H,4-20H2,1-3H3. The van der Waals surface area contributed by atoms with E-state index < -0.39 is 0 Å². The third kappa shape index (κ3) is 10.2. The molecule has 0 N–H and O–H groups in total. The van der Waals surface area contributed by atoms with Crippen molar-refractivity contribution in [3.63, 3.8) is 0 Å². The predicted octanol–water partition coefficient (Wildman–Crippen LogP) is 7.31. The Balaban J connectivity index is 1.89. The molecule has 0 fully saturated rings. The number of nitrogens with zero attached hydrogens (tertiary/aromatic N) is 2. The van der Waals surface area contributed by atoms with Crippen LogP contribution in [0.25, 0.3) is 0 Å². The first-order chi connectivity index (χ1) is 12.3. The number of rotatable bonds is 17. The van der Waals surface area contributed by atoms with Crippen LogP contribution in [0.4, 0.5) is 0 Å². The van der Waals surface area contributed by atoms with Crippen LogP contribution < -0.4 is 0 Å². The van der Waals surface area contributed by atoms with Gasteiger partial charge in [-0.25, -0.2) is 0 Å². The summed E-state index contributed by atoms with van der Waals surface area (Å²) in [6.45, 7) is 9.24. The summed E-state index contributed by atoms with van der Waals surface area (Å²) >= 11 is 0. The van der Waals surface area contributed by atoms with E-state index in [2.05, 4.69) is 43.0 Å². The van der Waals surface area contributed by atoms with Gasteiger partial charge in [-0.3, -0.25) is 0 Å². The normalized spacial score (nSPS) is 17.0. The van der Waals surface area contributed by atoms with Gasteiger partial charge in [-0.05, 0) is 19.8 Å². The van der Waals surface area contributed by atoms with Crippen LogP contribution in [0.3, 0.4) is 0 Å². The molecule has 0 saturated heterocycles. The van der Waals surface area contributed by atoms with Crippen molar-refractivity contribution in [1.82, 2.24) is 9.80 Å². The van der Waals surface area contributed by atoms with E-state index in [9.17, 15) is 0 Å². The van der Waals surface area contributed by atoms with Crippen molar-refractivity contribution in [2.24, 2.45) is 0 Å². The number of hydrogen-bond acceptors (Lipinski definition) is 2.